The Morgan fingerprint density at radius 2 is 1.46 bits per heavy atom. The molecular formula is C34H37N3O2. The summed E-state index contributed by atoms with van der Waals surface area (Å²) in [5.41, 5.74) is 4.85. The lowest BCUT2D eigenvalue weighted by Crippen LogP contribution is -2.43. The maximum atomic E-state index is 12.9. The van der Waals surface area contributed by atoms with Crippen molar-refractivity contribution in [1.82, 2.24) is 15.5 Å². The SMILES string of the molecule is CNC(=O)[C@@H]1C[C@@H](NCc2cccc(OCc3ccccc3)c2)CN1CC(c1ccccc1)c1ccccc1. The van der Waals surface area contributed by atoms with Crippen LogP contribution in [-0.4, -0.2) is 43.0 Å². The molecule has 1 aliphatic heterocycles. The van der Waals surface area contributed by atoms with Gasteiger partial charge in [-0.2, -0.15) is 0 Å². The molecule has 1 heterocycles. The number of rotatable bonds is 11. The third-order valence-electron chi connectivity index (χ3n) is 7.52. The normalized spacial score (nSPS) is 17.3. The Labute approximate surface area is 231 Å². The Bertz CT molecular complexity index is 1270. The molecule has 5 rings (SSSR count). The average Bonchev–Trinajstić information content (AvgIpc) is 3.42. The molecule has 5 heteroatoms. The molecule has 1 aliphatic rings. The van der Waals surface area contributed by atoms with E-state index in [2.05, 4.69) is 100 Å². The van der Waals surface area contributed by atoms with Crippen molar-refractivity contribution in [1.29, 1.82) is 0 Å². The molecule has 0 spiro atoms. The number of amides is 1. The van der Waals surface area contributed by atoms with Crippen LogP contribution in [0.3, 0.4) is 0 Å². The molecule has 2 N–H and O–H groups in total. The smallest absolute Gasteiger partial charge is 0.237 e. The molecule has 0 saturated carbocycles. The number of nitrogens with zero attached hydrogens (tertiary/aromatic N) is 1. The molecule has 0 bridgehead atoms. The quantitative estimate of drug-likeness (QED) is 0.280. The summed E-state index contributed by atoms with van der Waals surface area (Å²) in [7, 11) is 1.73. The van der Waals surface area contributed by atoms with Crippen molar-refractivity contribution < 1.29 is 9.53 Å². The number of likely N-dealkylation sites (N-methyl/N-ethyl adjacent to an activating group) is 1. The van der Waals surface area contributed by atoms with Crippen LogP contribution in [0.2, 0.25) is 0 Å². The molecule has 39 heavy (non-hydrogen) atoms. The fraction of sp³-hybridized carbons (Fsp3) is 0.265. The minimum absolute atomic E-state index is 0.0792. The van der Waals surface area contributed by atoms with E-state index in [1.165, 1.54) is 16.7 Å². The molecule has 0 radical (unpaired) electrons. The van der Waals surface area contributed by atoms with Crippen molar-refractivity contribution in [3.63, 3.8) is 0 Å². The van der Waals surface area contributed by atoms with E-state index >= 15 is 0 Å². The highest BCUT2D eigenvalue weighted by molar-refractivity contribution is 5.82. The molecule has 0 aromatic heterocycles. The minimum Gasteiger partial charge on any atom is -0.489 e. The molecule has 5 nitrogen and oxygen atoms in total. The van der Waals surface area contributed by atoms with Gasteiger partial charge in [-0.1, -0.05) is 103 Å². The summed E-state index contributed by atoms with van der Waals surface area (Å²) in [6, 6.07) is 39.7. The van der Waals surface area contributed by atoms with E-state index in [1.54, 1.807) is 7.05 Å². The number of hydrogen-bond donors (Lipinski definition) is 2. The zero-order valence-electron chi connectivity index (χ0n) is 22.5. The van der Waals surface area contributed by atoms with Gasteiger partial charge in [-0.25, -0.2) is 0 Å². The molecule has 1 fully saturated rings. The first kappa shape index (κ1) is 26.7. The molecule has 1 saturated heterocycles. The Morgan fingerprint density at radius 1 is 0.846 bits per heavy atom. The van der Waals surface area contributed by atoms with Crippen LogP contribution >= 0.6 is 0 Å². The topological polar surface area (TPSA) is 53.6 Å². The predicted octanol–water partition coefficient (Wildman–Crippen LogP) is 5.38. The monoisotopic (exact) mass is 519 g/mol. The van der Waals surface area contributed by atoms with Gasteiger partial charge in [0.15, 0.2) is 0 Å². The lowest BCUT2D eigenvalue weighted by Gasteiger charge is -2.28. The Kier molecular flexibility index (Phi) is 9.05. The molecule has 0 unspecified atom stereocenters. The van der Waals surface area contributed by atoms with Crippen LogP contribution in [0.4, 0.5) is 0 Å². The van der Waals surface area contributed by atoms with Gasteiger partial charge in [0, 0.05) is 38.6 Å². The van der Waals surface area contributed by atoms with E-state index < -0.39 is 0 Å². The number of hydrogen-bond acceptors (Lipinski definition) is 4. The second-order valence-corrected chi connectivity index (χ2v) is 10.2. The number of benzene rings is 4. The molecule has 4 aromatic rings. The van der Waals surface area contributed by atoms with Gasteiger partial charge in [-0.05, 0) is 40.8 Å². The summed E-state index contributed by atoms with van der Waals surface area (Å²) < 4.78 is 6.02. The van der Waals surface area contributed by atoms with E-state index in [4.69, 9.17) is 4.74 Å². The lowest BCUT2D eigenvalue weighted by molar-refractivity contribution is -0.125. The third kappa shape index (κ3) is 7.14. The fourth-order valence-electron chi connectivity index (χ4n) is 5.45. The third-order valence-corrected chi connectivity index (χ3v) is 7.52. The van der Waals surface area contributed by atoms with Gasteiger partial charge in [-0.15, -0.1) is 0 Å². The maximum absolute atomic E-state index is 12.9. The first-order chi connectivity index (χ1) is 19.2. The van der Waals surface area contributed by atoms with Crippen molar-refractivity contribution in [3.8, 4) is 5.75 Å². The highest BCUT2D eigenvalue weighted by Crippen LogP contribution is 2.29. The predicted molar refractivity (Wildman–Crippen MR) is 157 cm³/mol. The fourth-order valence-corrected chi connectivity index (χ4v) is 5.45. The van der Waals surface area contributed by atoms with Gasteiger partial charge < -0.3 is 15.4 Å². The standard InChI is InChI=1S/C34H37N3O2/c1-35-34(38)33-21-30(36-22-27-14-11-19-31(20-27)39-25-26-12-5-2-6-13-26)23-37(33)24-32(28-15-7-3-8-16-28)29-17-9-4-10-18-29/h2-20,30,32-33,36H,21-25H2,1H3,(H,35,38)/t30-,33+/m1/s1. The Hall–Kier alpha value is -3.93. The van der Waals surface area contributed by atoms with Gasteiger partial charge in [-0.3, -0.25) is 9.69 Å². The van der Waals surface area contributed by atoms with Crippen molar-refractivity contribution in [2.75, 3.05) is 20.1 Å². The van der Waals surface area contributed by atoms with Crippen molar-refractivity contribution in [2.24, 2.45) is 0 Å². The number of carbonyl (C=O) groups excluding carboxylic acids is 1. The van der Waals surface area contributed by atoms with Crippen LogP contribution in [0.25, 0.3) is 0 Å². The van der Waals surface area contributed by atoms with E-state index in [0.717, 1.165) is 37.4 Å². The van der Waals surface area contributed by atoms with Gasteiger partial charge >= 0.3 is 0 Å². The maximum Gasteiger partial charge on any atom is 0.237 e. The Morgan fingerprint density at radius 3 is 2.10 bits per heavy atom. The number of ether oxygens (including phenoxy) is 1. The number of carbonyl (C=O) groups is 1. The Balaban J connectivity index is 1.24. The van der Waals surface area contributed by atoms with E-state index in [0.29, 0.717) is 6.61 Å². The van der Waals surface area contributed by atoms with Crippen LogP contribution in [0.5, 0.6) is 5.75 Å². The molecule has 200 valence electrons. The summed E-state index contributed by atoms with van der Waals surface area (Å²) in [5, 5.41) is 6.61. The molecular weight excluding hydrogens is 482 g/mol. The van der Waals surface area contributed by atoms with Crippen molar-refractivity contribution >= 4 is 5.91 Å². The van der Waals surface area contributed by atoms with Gasteiger partial charge in [0.25, 0.3) is 0 Å². The summed E-state index contributed by atoms with van der Waals surface area (Å²) in [5.74, 6) is 1.13. The van der Waals surface area contributed by atoms with Gasteiger partial charge in [0.1, 0.15) is 12.4 Å². The van der Waals surface area contributed by atoms with Crippen LogP contribution in [0.1, 0.15) is 34.6 Å². The largest absolute Gasteiger partial charge is 0.489 e. The van der Waals surface area contributed by atoms with E-state index in [9.17, 15) is 4.79 Å². The average molecular weight is 520 g/mol. The highest BCUT2D eigenvalue weighted by atomic mass is 16.5. The molecule has 0 aliphatic carbocycles. The van der Waals surface area contributed by atoms with Crippen molar-refractivity contribution in [3.05, 3.63) is 138 Å². The summed E-state index contributed by atoms with van der Waals surface area (Å²) in [6.07, 6.45) is 0.778. The highest BCUT2D eigenvalue weighted by Gasteiger charge is 2.37. The van der Waals surface area contributed by atoms with Crippen LogP contribution in [0, 0.1) is 0 Å². The van der Waals surface area contributed by atoms with E-state index in [-0.39, 0.29) is 23.9 Å². The van der Waals surface area contributed by atoms with Gasteiger partial charge in [0.2, 0.25) is 5.91 Å². The first-order valence-corrected chi connectivity index (χ1v) is 13.7. The van der Waals surface area contributed by atoms with E-state index in [1.807, 2.05) is 30.3 Å². The van der Waals surface area contributed by atoms with Crippen LogP contribution in [0.15, 0.2) is 115 Å². The zero-order valence-corrected chi connectivity index (χ0v) is 22.5. The zero-order chi connectivity index (χ0) is 26.9. The molecule has 4 aromatic carbocycles. The summed E-state index contributed by atoms with van der Waals surface area (Å²) in [6.45, 7) is 2.88. The van der Waals surface area contributed by atoms with Crippen molar-refractivity contribution in [2.45, 2.75) is 37.6 Å². The van der Waals surface area contributed by atoms with Crippen LogP contribution < -0.4 is 15.4 Å². The van der Waals surface area contributed by atoms with Crippen LogP contribution in [-0.2, 0) is 17.9 Å². The summed E-state index contributed by atoms with van der Waals surface area (Å²) in [4.78, 5) is 15.3. The second kappa shape index (κ2) is 13.2. The minimum atomic E-state index is -0.164. The first-order valence-electron chi connectivity index (χ1n) is 13.7. The number of nitrogens with one attached hydrogen (secondary N) is 2. The summed E-state index contributed by atoms with van der Waals surface area (Å²) >= 11 is 0. The molecule has 2 atom stereocenters. The number of likely N-dealkylation sites (tertiary alicyclic amines) is 1. The lowest BCUT2D eigenvalue weighted by atomic mass is 9.90. The molecule has 1 amide bonds. The second-order valence-electron chi connectivity index (χ2n) is 10.2. The van der Waals surface area contributed by atoms with Gasteiger partial charge in [0.05, 0.1) is 6.04 Å².